The standard InChI is InChI=1S/C13H23N3O/c17-13(15-6-1-4-14-5-7-15)10-16-9-11-2-3-12(16)8-11/h11-12,14H,1-10H2. The Labute approximate surface area is 103 Å². The summed E-state index contributed by atoms with van der Waals surface area (Å²) in [5, 5.41) is 3.35. The number of piperidine rings is 1. The van der Waals surface area contributed by atoms with E-state index in [4.69, 9.17) is 0 Å². The second kappa shape index (κ2) is 4.94. The third kappa shape index (κ3) is 2.47. The van der Waals surface area contributed by atoms with E-state index in [1.54, 1.807) is 0 Å². The van der Waals surface area contributed by atoms with Crippen LogP contribution in [0.15, 0.2) is 0 Å². The van der Waals surface area contributed by atoms with E-state index in [1.165, 1.54) is 25.8 Å². The van der Waals surface area contributed by atoms with Gasteiger partial charge in [0, 0.05) is 32.2 Å². The van der Waals surface area contributed by atoms with Crippen LogP contribution >= 0.6 is 0 Å². The number of amides is 1. The Morgan fingerprint density at radius 2 is 2.18 bits per heavy atom. The van der Waals surface area contributed by atoms with Gasteiger partial charge in [0.25, 0.3) is 0 Å². The quantitative estimate of drug-likeness (QED) is 0.750. The number of carbonyl (C=O) groups is 1. The van der Waals surface area contributed by atoms with Crippen molar-refractivity contribution in [2.24, 2.45) is 5.92 Å². The Bertz CT molecular complexity index is 286. The molecule has 2 atom stereocenters. The van der Waals surface area contributed by atoms with Gasteiger partial charge in [0.2, 0.25) is 5.91 Å². The maximum Gasteiger partial charge on any atom is 0.236 e. The minimum Gasteiger partial charge on any atom is -0.340 e. The monoisotopic (exact) mass is 237 g/mol. The van der Waals surface area contributed by atoms with E-state index in [2.05, 4.69) is 10.2 Å². The number of rotatable bonds is 2. The average Bonchev–Trinajstić information content (AvgIpc) is 2.82. The maximum atomic E-state index is 12.2. The van der Waals surface area contributed by atoms with Crippen molar-refractivity contribution in [2.45, 2.75) is 31.7 Å². The Balaban J connectivity index is 1.52. The Morgan fingerprint density at radius 3 is 2.94 bits per heavy atom. The molecule has 2 bridgehead atoms. The zero-order chi connectivity index (χ0) is 11.7. The van der Waals surface area contributed by atoms with E-state index in [1.807, 2.05) is 4.90 Å². The lowest BCUT2D eigenvalue weighted by Gasteiger charge is -2.29. The smallest absolute Gasteiger partial charge is 0.236 e. The molecule has 2 aliphatic heterocycles. The molecule has 0 radical (unpaired) electrons. The van der Waals surface area contributed by atoms with Crippen LogP contribution in [-0.2, 0) is 4.79 Å². The molecule has 4 nitrogen and oxygen atoms in total. The number of carbonyl (C=O) groups excluding carboxylic acids is 1. The van der Waals surface area contributed by atoms with Gasteiger partial charge in [0.05, 0.1) is 6.54 Å². The molecule has 4 heteroatoms. The highest BCUT2D eigenvalue weighted by Crippen LogP contribution is 2.37. The van der Waals surface area contributed by atoms with Crippen LogP contribution < -0.4 is 5.32 Å². The zero-order valence-corrected chi connectivity index (χ0v) is 10.5. The van der Waals surface area contributed by atoms with Gasteiger partial charge < -0.3 is 10.2 Å². The Hall–Kier alpha value is -0.610. The van der Waals surface area contributed by atoms with Crippen LogP contribution in [0.4, 0.5) is 0 Å². The van der Waals surface area contributed by atoms with Crippen LogP contribution in [0, 0.1) is 5.92 Å². The molecule has 0 aromatic rings. The summed E-state index contributed by atoms with van der Waals surface area (Å²) in [6.45, 7) is 5.67. The minimum atomic E-state index is 0.348. The van der Waals surface area contributed by atoms with E-state index in [0.717, 1.165) is 38.5 Å². The summed E-state index contributed by atoms with van der Waals surface area (Å²) in [5.41, 5.74) is 0. The SMILES string of the molecule is O=C(CN1CC2CCC1C2)N1CCCNCC1. The molecule has 1 aliphatic carbocycles. The van der Waals surface area contributed by atoms with Crippen LogP contribution in [0.2, 0.25) is 0 Å². The summed E-state index contributed by atoms with van der Waals surface area (Å²) in [6.07, 6.45) is 5.15. The molecule has 96 valence electrons. The van der Waals surface area contributed by atoms with Gasteiger partial charge in [-0.05, 0) is 38.1 Å². The molecule has 2 unspecified atom stereocenters. The summed E-state index contributed by atoms with van der Waals surface area (Å²) in [7, 11) is 0. The van der Waals surface area contributed by atoms with Gasteiger partial charge in [-0.1, -0.05) is 0 Å². The average molecular weight is 237 g/mol. The number of nitrogens with one attached hydrogen (secondary N) is 1. The first kappa shape index (κ1) is 11.5. The molecule has 3 fully saturated rings. The molecule has 3 rings (SSSR count). The van der Waals surface area contributed by atoms with Gasteiger partial charge in [-0.3, -0.25) is 9.69 Å². The number of likely N-dealkylation sites (tertiary alicyclic amines) is 1. The first-order valence-electron chi connectivity index (χ1n) is 7.05. The van der Waals surface area contributed by atoms with Crippen LogP contribution in [0.3, 0.4) is 0 Å². The van der Waals surface area contributed by atoms with Crippen molar-refractivity contribution in [3.05, 3.63) is 0 Å². The fraction of sp³-hybridized carbons (Fsp3) is 0.923. The predicted molar refractivity (Wildman–Crippen MR) is 66.8 cm³/mol. The van der Waals surface area contributed by atoms with Crippen molar-refractivity contribution in [3.8, 4) is 0 Å². The summed E-state index contributed by atoms with van der Waals surface area (Å²) >= 11 is 0. The van der Waals surface area contributed by atoms with Crippen LogP contribution in [0.25, 0.3) is 0 Å². The molecule has 17 heavy (non-hydrogen) atoms. The fourth-order valence-electron chi connectivity index (χ4n) is 3.59. The molecule has 2 saturated heterocycles. The van der Waals surface area contributed by atoms with Gasteiger partial charge >= 0.3 is 0 Å². The van der Waals surface area contributed by atoms with Crippen LogP contribution in [0.1, 0.15) is 25.7 Å². The number of hydrogen-bond acceptors (Lipinski definition) is 3. The van der Waals surface area contributed by atoms with Gasteiger partial charge in [-0.2, -0.15) is 0 Å². The first-order chi connectivity index (χ1) is 8.33. The van der Waals surface area contributed by atoms with Gasteiger partial charge in [0.1, 0.15) is 0 Å². The van der Waals surface area contributed by atoms with E-state index >= 15 is 0 Å². The minimum absolute atomic E-state index is 0.348. The Kier molecular flexibility index (Phi) is 3.34. The largest absolute Gasteiger partial charge is 0.340 e. The summed E-state index contributed by atoms with van der Waals surface area (Å²) in [4.78, 5) is 16.7. The second-order valence-corrected chi connectivity index (χ2v) is 5.75. The molecule has 1 N–H and O–H groups in total. The van der Waals surface area contributed by atoms with Gasteiger partial charge in [0.15, 0.2) is 0 Å². The fourth-order valence-corrected chi connectivity index (χ4v) is 3.59. The number of fused-ring (bicyclic) bond motifs is 2. The molecule has 1 amide bonds. The maximum absolute atomic E-state index is 12.2. The highest BCUT2D eigenvalue weighted by atomic mass is 16.2. The van der Waals surface area contributed by atoms with Crippen LogP contribution in [0.5, 0.6) is 0 Å². The van der Waals surface area contributed by atoms with E-state index in [9.17, 15) is 4.79 Å². The van der Waals surface area contributed by atoms with Crippen molar-refractivity contribution >= 4 is 5.91 Å². The van der Waals surface area contributed by atoms with Gasteiger partial charge in [-0.25, -0.2) is 0 Å². The lowest BCUT2D eigenvalue weighted by atomic mass is 10.1. The normalized spacial score (nSPS) is 34.0. The number of hydrogen-bond donors (Lipinski definition) is 1. The van der Waals surface area contributed by atoms with E-state index in [0.29, 0.717) is 18.5 Å². The highest BCUT2D eigenvalue weighted by molar-refractivity contribution is 5.78. The first-order valence-corrected chi connectivity index (χ1v) is 7.05. The third-order valence-corrected chi connectivity index (χ3v) is 4.55. The van der Waals surface area contributed by atoms with Gasteiger partial charge in [-0.15, -0.1) is 0 Å². The van der Waals surface area contributed by atoms with Crippen molar-refractivity contribution in [3.63, 3.8) is 0 Å². The molecule has 3 aliphatic rings. The molecule has 0 spiro atoms. The van der Waals surface area contributed by atoms with E-state index in [-0.39, 0.29) is 0 Å². The molecular weight excluding hydrogens is 214 g/mol. The van der Waals surface area contributed by atoms with Crippen molar-refractivity contribution in [2.75, 3.05) is 39.3 Å². The van der Waals surface area contributed by atoms with Crippen molar-refractivity contribution < 1.29 is 4.79 Å². The molecule has 2 heterocycles. The second-order valence-electron chi connectivity index (χ2n) is 5.75. The molecule has 0 aromatic carbocycles. The summed E-state index contributed by atoms with van der Waals surface area (Å²) < 4.78 is 0. The topological polar surface area (TPSA) is 35.6 Å². The highest BCUT2D eigenvalue weighted by Gasteiger charge is 2.38. The third-order valence-electron chi connectivity index (χ3n) is 4.55. The predicted octanol–water partition coefficient (Wildman–Crippen LogP) is 0.293. The van der Waals surface area contributed by atoms with Crippen molar-refractivity contribution in [1.29, 1.82) is 0 Å². The van der Waals surface area contributed by atoms with Crippen LogP contribution in [-0.4, -0.2) is 61.0 Å². The lowest BCUT2D eigenvalue weighted by molar-refractivity contribution is -0.132. The molecular formula is C13H23N3O. The lowest BCUT2D eigenvalue weighted by Crippen LogP contribution is -2.44. The molecule has 1 saturated carbocycles. The number of nitrogens with zero attached hydrogens (tertiary/aromatic N) is 2. The van der Waals surface area contributed by atoms with E-state index < -0.39 is 0 Å². The molecule has 0 aromatic heterocycles. The Morgan fingerprint density at radius 1 is 1.24 bits per heavy atom. The zero-order valence-electron chi connectivity index (χ0n) is 10.5. The summed E-state index contributed by atoms with van der Waals surface area (Å²) in [5.74, 6) is 1.24. The van der Waals surface area contributed by atoms with Crippen molar-refractivity contribution in [1.82, 2.24) is 15.1 Å². The summed E-state index contributed by atoms with van der Waals surface area (Å²) in [6, 6.07) is 0.717.